The third-order valence-electron chi connectivity index (χ3n) is 2.73. The average molecular weight is 243 g/mol. The summed E-state index contributed by atoms with van der Waals surface area (Å²) in [4.78, 5) is 0. The van der Waals surface area contributed by atoms with E-state index in [1.54, 1.807) is 0 Å². The zero-order chi connectivity index (χ0) is 11.7. The Morgan fingerprint density at radius 2 is 1.82 bits per heavy atom. The fraction of sp³-hybridized carbons (Fsp3) is 0.0714. The van der Waals surface area contributed by atoms with Gasteiger partial charge in [-0.1, -0.05) is 48.0 Å². The predicted octanol–water partition coefficient (Wildman–Crippen LogP) is 3.74. The van der Waals surface area contributed by atoms with Crippen molar-refractivity contribution < 1.29 is 0 Å². The molecule has 0 spiro atoms. The Morgan fingerprint density at radius 1 is 1.00 bits per heavy atom. The molecule has 0 atom stereocenters. The van der Waals surface area contributed by atoms with Crippen molar-refractivity contribution in [3.05, 3.63) is 65.3 Å². The summed E-state index contributed by atoms with van der Waals surface area (Å²) in [6.45, 7) is 0.770. The quantitative estimate of drug-likeness (QED) is 0.669. The number of fused-ring (bicyclic) bond motifs is 1. The maximum atomic E-state index is 6.12. The summed E-state index contributed by atoms with van der Waals surface area (Å²) in [6.07, 6.45) is 1.99. The van der Waals surface area contributed by atoms with Crippen molar-refractivity contribution >= 4 is 22.5 Å². The monoisotopic (exact) mass is 242 g/mol. The number of benzene rings is 2. The number of hydrogen-bond donors (Lipinski definition) is 0. The van der Waals surface area contributed by atoms with Gasteiger partial charge in [0.2, 0.25) is 0 Å². The Morgan fingerprint density at radius 3 is 2.59 bits per heavy atom. The highest BCUT2D eigenvalue weighted by molar-refractivity contribution is 6.35. The zero-order valence-electron chi connectivity index (χ0n) is 9.18. The molecule has 0 aliphatic heterocycles. The molecule has 0 amide bonds. The van der Waals surface area contributed by atoms with Crippen LogP contribution in [0.3, 0.4) is 0 Å². The van der Waals surface area contributed by atoms with Gasteiger partial charge in [-0.05, 0) is 17.7 Å². The van der Waals surface area contributed by atoms with Crippen LogP contribution < -0.4 is 0 Å². The van der Waals surface area contributed by atoms with Crippen LogP contribution >= 0.6 is 11.6 Å². The summed E-state index contributed by atoms with van der Waals surface area (Å²) < 4.78 is 1.92. The van der Waals surface area contributed by atoms with Gasteiger partial charge in [0.05, 0.1) is 17.1 Å². The van der Waals surface area contributed by atoms with Crippen LogP contribution in [-0.2, 0) is 6.54 Å². The number of hydrogen-bond acceptors (Lipinski definition) is 1. The molecule has 84 valence electrons. The van der Waals surface area contributed by atoms with E-state index in [0.717, 1.165) is 22.5 Å². The molecule has 0 bridgehead atoms. The maximum absolute atomic E-state index is 6.12. The van der Waals surface area contributed by atoms with E-state index in [9.17, 15) is 0 Å². The molecule has 0 aliphatic carbocycles. The minimum absolute atomic E-state index is 0.752. The lowest BCUT2D eigenvalue weighted by atomic mass is 10.2. The highest BCUT2D eigenvalue weighted by Crippen LogP contribution is 2.22. The SMILES string of the molecule is Clc1cccc2nn(Cc3ccccc3)cc12. The van der Waals surface area contributed by atoms with Crippen molar-refractivity contribution in [2.75, 3.05) is 0 Å². The summed E-state index contributed by atoms with van der Waals surface area (Å²) in [5, 5.41) is 6.26. The molecule has 1 heterocycles. The van der Waals surface area contributed by atoms with E-state index >= 15 is 0 Å². The van der Waals surface area contributed by atoms with E-state index in [4.69, 9.17) is 11.6 Å². The van der Waals surface area contributed by atoms with Crippen molar-refractivity contribution in [1.82, 2.24) is 9.78 Å². The van der Waals surface area contributed by atoms with Crippen LogP contribution in [0.1, 0.15) is 5.56 Å². The molecular formula is C14H11ClN2. The van der Waals surface area contributed by atoms with E-state index in [-0.39, 0.29) is 0 Å². The molecule has 0 saturated heterocycles. The Bertz CT molecular complexity index is 644. The van der Waals surface area contributed by atoms with E-state index in [2.05, 4.69) is 17.2 Å². The van der Waals surface area contributed by atoms with Crippen molar-refractivity contribution in [3.8, 4) is 0 Å². The highest BCUT2D eigenvalue weighted by Gasteiger charge is 2.03. The van der Waals surface area contributed by atoms with Gasteiger partial charge in [-0.25, -0.2) is 0 Å². The topological polar surface area (TPSA) is 17.8 Å². The second-order valence-corrected chi connectivity index (χ2v) is 4.39. The molecule has 3 heteroatoms. The average Bonchev–Trinajstić information content (AvgIpc) is 2.74. The third-order valence-corrected chi connectivity index (χ3v) is 3.06. The molecule has 0 N–H and O–H groups in total. The molecule has 0 aliphatic rings. The van der Waals surface area contributed by atoms with Gasteiger partial charge in [0.25, 0.3) is 0 Å². The van der Waals surface area contributed by atoms with Crippen LogP contribution in [0.5, 0.6) is 0 Å². The lowest BCUT2D eigenvalue weighted by Crippen LogP contribution is -1.99. The molecule has 2 nitrogen and oxygen atoms in total. The van der Waals surface area contributed by atoms with Crippen LogP contribution in [0.4, 0.5) is 0 Å². The highest BCUT2D eigenvalue weighted by atomic mass is 35.5. The molecular weight excluding hydrogens is 232 g/mol. The summed E-state index contributed by atoms with van der Waals surface area (Å²) in [5.74, 6) is 0. The van der Waals surface area contributed by atoms with Crippen molar-refractivity contribution in [3.63, 3.8) is 0 Å². The van der Waals surface area contributed by atoms with Gasteiger partial charge in [0.1, 0.15) is 0 Å². The lowest BCUT2D eigenvalue weighted by Gasteiger charge is -2.00. The van der Waals surface area contributed by atoms with Gasteiger partial charge in [-0.2, -0.15) is 5.10 Å². The first kappa shape index (κ1) is 10.4. The summed E-state index contributed by atoms with van der Waals surface area (Å²) in [6, 6.07) is 16.0. The van der Waals surface area contributed by atoms with Gasteiger partial charge in [-0.3, -0.25) is 4.68 Å². The Kier molecular flexibility index (Phi) is 2.57. The number of rotatable bonds is 2. The van der Waals surface area contributed by atoms with E-state index in [1.807, 2.05) is 47.3 Å². The van der Waals surface area contributed by atoms with Crippen LogP contribution in [0.2, 0.25) is 5.02 Å². The summed E-state index contributed by atoms with van der Waals surface area (Å²) in [7, 11) is 0. The summed E-state index contributed by atoms with van der Waals surface area (Å²) >= 11 is 6.12. The molecule has 0 saturated carbocycles. The molecule has 0 fully saturated rings. The minimum atomic E-state index is 0.752. The van der Waals surface area contributed by atoms with Crippen molar-refractivity contribution in [2.24, 2.45) is 0 Å². The predicted molar refractivity (Wildman–Crippen MR) is 70.3 cm³/mol. The first-order valence-corrected chi connectivity index (χ1v) is 5.86. The Hall–Kier alpha value is -1.80. The first-order chi connectivity index (χ1) is 8.33. The molecule has 0 unspecified atom stereocenters. The normalized spacial score (nSPS) is 10.9. The Labute approximate surface area is 104 Å². The van der Waals surface area contributed by atoms with Crippen LogP contribution in [0, 0.1) is 0 Å². The Balaban J connectivity index is 1.99. The van der Waals surface area contributed by atoms with Gasteiger partial charge in [-0.15, -0.1) is 0 Å². The largest absolute Gasteiger partial charge is 0.267 e. The van der Waals surface area contributed by atoms with Crippen LogP contribution in [0.15, 0.2) is 54.7 Å². The van der Waals surface area contributed by atoms with Gasteiger partial charge in [0, 0.05) is 11.6 Å². The van der Waals surface area contributed by atoms with Gasteiger partial charge in [0.15, 0.2) is 0 Å². The van der Waals surface area contributed by atoms with E-state index in [1.165, 1.54) is 5.56 Å². The van der Waals surface area contributed by atoms with Crippen molar-refractivity contribution in [2.45, 2.75) is 6.54 Å². The van der Waals surface area contributed by atoms with Gasteiger partial charge < -0.3 is 0 Å². The lowest BCUT2D eigenvalue weighted by molar-refractivity contribution is 0.696. The first-order valence-electron chi connectivity index (χ1n) is 5.48. The van der Waals surface area contributed by atoms with E-state index in [0.29, 0.717) is 0 Å². The molecule has 1 aromatic heterocycles. The maximum Gasteiger partial charge on any atom is 0.0938 e. The number of nitrogens with zero attached hydrogens (tertiary/aromatic N) is 2. The zero-order valence-corrected chi connectivity index (χ0v) is 9.93. The van der Waals surface area contributed by atoms with E-state index < -0.39 is 0 Å². The minimum Gasteiger partial charge on any atom is -0.267 e. The van der Waals surface area contributed by atoms with Gasteiger partial charge >= 0.3 is 0 Å². The molecule has 0 radical (unpaired) electrons. The third kappa shape index (κ3) is 2.04. The molecule has 2 aromatic carbocycles. The van der Waals surface area contributed by atoms with Crippen LogP contribution in [0.25, 0.3) is 10.9 Å². The number of aromatic nitrogens is 2. The fourth-order valence-electron chi connectivity index (χ4n) is 1.91. The second-order valence-electron chi connectivity index (χ2n) is 3.98. The number of halogens is 1. The van der Waals surface area contributed by atoms with Crippen molar-refractivity contribution in [1.29, 1.82) is 0 Å². The molecule has 3 aromatic rings. The second kappa shape index (κ2) is 4.22. The van der Waals surface area contributed by atoms with Crippen LogP contribution in [-0.4, -0.2) is 9.78 Å². The molecule has 3 rings (SSSR count). The standard InChI is InChI=1S/C14H11ClN2/c15-13-7-4-8-14-12(13)10-17(16-14)9-11-5-2-1-3-6-11/h1-8,10H,9H2. The smallest absolute Gasteiger partial charge is 0.0938 e. The summed E-state index contributed by atoms with van der Waals surface area (Å²) in [5.41, 5.74) is 2.17. The fourth-order valence-corrected chi connectivity index (χ4v) is 2.13. The molecule has 17 heavy (non-hydrogen) atoms.